The van der Waals surface area contributed by atoms with Crippen molar-refractivity contribution in [2.24, 2.45) is 11.8 Å². The number of aromatic amines is 2. The fraction of sp³-hybridized carbons (Fsp3) is 0.238. The molecule has 1 amide bonds. The van der Waals surface area contributed by atoms with E-state index in [-0.39, 0.29) is 11.8 Å². The number of nitrogens with one attached hydrogen (secondary N) is 5. The molecular formula is C42H37Cl4N9O5. The van der Waals surface area contributed by atoms with Crippen molar-refractivity contribution >= 4 is 109 Å². The van der Waals surface area contributed by atoms with Crippen LogP contribution >= 0.6 is 46.4 Å². The predicted octanol–water partition coefficient (Wildman–Crippen LogP) is 9.97. The van der Waals surface area contributed by atoms with Gasteiger partial charge in [0.2, 0.25) is 5.91 Å². The largest absolute Gasteiger partial charge is 0.495 e. The number of carbonyl (C=O) groups excluding carboxylic acids is 1. The minimum absolute atomic E-state index is 0.0127. The first kappa shape index (κ1) is 41.0. The van der Waals surface area contributed by atoms with Gasteiger partial charge in [0.25, 0.3) is 0 Å². The zero-order valence-corrected chi connectivity index (χ0v) is 35.2. The molecule has 0 saturated carbocycles. The second-order valence-corrected chi connectivity index (χ2v) is 15.9. The standard InChI is InChI=1S/C24H21Cl2N5O2.C18H16Cl2N4O3/c1-33-20-11-17(26)16(25)10-19(20)31-23-21-15-9-13(24(32)29-14-5-3-2-4-6-14)7-8-18(15)30-22(21)27-12-28-23;1-27-14-6-11(20)10(19)5-13(14)24-17-15-9-4-8(18(25)26)2-3-12(9)23-16(15)21-7-22-17/h2-6,10-13H,7-9H2,1H3,(H,29,32)(H2,27,28,30,31);5-8H,2-4H2,1H3,(H,25,26)(H2,21,22,23,24). The summed E-state index contributed by atoms with van der Waals surface area (Å²) in [7, 11) is 3.10. The first-order valence-electron chi connectivity index (χ1n) is 18.9. The summed E-state index contributed by atoms with van der Waals surface area (Å²) in [5.74, 6) is 0.891. The molecule has 0 fully saturated rings. The maximum Gasteiger partial charge on any atom is 0.306 e. The van der Waals surface area contributed by atoms with E-state index in [1.807, 2.05) is 30.3 Å². The van der Waals surface area contributed by atoms with Gasteiger partial charge in [-0.05, 0) is 73.9 Å². The van der Waals surface area contributed by atoms with Crippen molar-refractivity contribution in [3.8, 4) is 11.5 Å². The van der Waals surface area contributed by atoms with Crippen molar-refractivity contribution in [1.82, 2.24) is 29.9 Å². The van der Waals surface area contributed by atoms with Crippen molar-refractivity contribution < 1.29 is 24.2 Å². The van der Waals surface area contributed by atoms with E-state index in [1.165, 1.54) is 19.8 Å². The van der Waals surface area contributed by atoms with E-state index >= 15 is 0 Å². The molecule has 18 heteroatoms. The maximum atomic E-state index is 13.0. The number of hydrogen-bond acceptors (Lipinski definition) is 10. The van der Waals surface area contributed by atoms with Crippen molar-refractivity contribution in [2.75, 3.05) is 30.2 Å². The van der Waals surface area contributed by atoms with Crippen LogP contribution in [0.3, 0.4) is 0 Å². The zero-order chi connectivity index (χ0) is 42.1. The molecule has 2 aliphatic rings. The number of anilines is 5. The van der Waals surface area contributed by atoms with Crippen LogP contribution in [0.4, 0.5) is 28.7 Å². The van der Waals surface area contributed by atoms with Gasteiger partial charge in [-0.2, -0.15) is 0 Å². The fourth-order valence-electron chi connectivity index (χ4n) is 7.72. The number of amides is 1. The number of halogens is 4. The number of methoxy groups -OCH3 is 2. The van der Waals surface area contributed by atoms with Gasteiger partial charge in [-0.15, -0.1) is 0 Å². The molecule has 4 aromatic heterocycles. The van der Waals surface area contributed by atoms with Crippen LogP contribution in [0.5, 0.6) is 11.5 Å². The fourth-order valence-corrected chi connectivity index (χ4v) is 8.35. The molecule has 14 nitrogen and oxygen atoms in total. The van der Waals surface area contributed by atoms with Gasteiger partial charge in [-0.25, -0.2) is 19.9 Å². The number of carboxylic acid groups (broad SMARTS) is 1. The summed E-state index contributed by atoms with van der Waals surface area (Å²) in [6, 6.07) is 16.1. The van der Waals surface area contributed by atoms with E-state index in [1.54, 1.807) is 31.4 Å². The van der Waals surface area contributed by atoms with E-state index in [9.17, 15) is 14.7 Å². The number of aromatic nitrogens is 6. The van der Waals surface area contributed by atoms with Crippen LogP contribution in [-0.4, -0.2) is 61.1 Å². The number of aryl methyl sites for hydroxylation is 2. The zero-order valence-electron chi connectivity index (χ0n) is 32.1. The van der Waals surface area contributed by atoms with Crippen LogP contribution in [0.1, 0.15) is 35.4 Å². The maximum absolute atomic E-state index is 13.0. The van der Waals surface area contributed by atoms with Crippen LogP contribution in [0.25, 0.3) is 22.1 Å². The van der Waals surface area contributed by atoms with E-state index in [4.69, 9.17) is 55.9 Å². The Balaban J connectivity index is 0.000000170. The van der Waals surface area contributed by atoms with Crippen LogP contribution < -0.4 is 25.4 Å². The summed E-state index contributed by atoms with van der Waals surface area (Å²) in [5, 5.41) is 22.2. The second kappa shape index (κ2) is 17.4. The highest BCUT2D eigenvalue weighted by Gasteiger charge is 2.31. The van der Waals surface area contributed by atoms with E-state index in [0.717, 1.165) is 57.5 Å². The summed E-state index contributed by atoms with van der Waals surface area (Å²) in [5.41, 5.74) is 7.50. The predicted molar refractivity (Wildman–Crippen MR) is 234 cm³/mol. The highest BCUT2D eigenvalue weighted by molar-refractivity contribution is 6.43. The average molecular weight is 890 g/mol. The molecule has 9 rings (SSSR count). The third-order valence-electron chi connectivity index (χ3n) is 10.7. The number of hydrogen-bond donors (Lipinski definition) is 6. The van der Waals surface area contributed by atoms with Crippen molar-refractivity contribution in [2.45, 2.75) is 38.5 Å². The Labute approximate surface area is 363 Å². The van der Waals surface area contributed by atoms with Crippen molar-refractivity contribution in [3.63, 3.8) is 0 Å². The van der Waals surface area contributed by atoms with E-state index in [0.29, 0.717) is 85.9 Å². The smallest absolute Gasteiger partial charge is 0.306 e. The summed E-state index contributed by atoms with van der Waals surface area (Å²) < 4.78 is 10.8. The summed E-state index contributed by atoms with van der Waals surface area (Å²) in [6.45, 7) is 0. The first-order chi connectivity index (χ1) is 29.0. The quantitative estimate of drug-likeness (QED) is 0.0808. The molecule has 2 aliphatic carbocycles. The van der Waals surface area contributed by atoms with E-state index in [2.05, 4.69) is 45.9 Å². The Bertz CT molecular complexity index is 2760. The molecule has 6 N–H and O–H groups in total. The molecule has 0 spiro atoms. The number of nitrogens with zero attached hydrogens (tertiary/aromatic N) is 4. The number of para-hydroxylation sites is 1. The molecule has 3 aromatic carbocycles. The Morgan fingerprint density at radius 2 is 1.15 bits per heavy atom. The number of ether oxygens (including phenoxy) is 2. The monoisotopic (exact) mass is 887 g/mol. The molecule has 0 saturated heterocycles. The first-order valence-corrected chi connectivity index (χ1v) is 20.4. The summed E-state index contributed by atoms with van der Waals surface area (Å²) in [4.78, 5) is 48.6. The van der Waals surface area contributed by atoms with Gasteiger partial charge >= 0.3 is 5.97 Å². The Hall–Kier alpha value is -5.80. The number of benzene rings is 3. The molecule has 0 radical (unpaired) electrons. The molecule has 0 bridgehead atoms. The minimum atomic E-state index is -0.785. The molecule has 2 atom stereocenters. The van der Waals surface area contributed by atoms with Crippen LogP contribution in [0, 0.1) is 11.8 Å². The number of carboxylic acids is 1. The van der Waals surface area contributed by atoms with Crippen LogP contribution in [0.15, 0.2) is 67.3 Å². The SMILES string of the molecule is COc1cc(Cl)c(Cl)cc1Nc1ncnc2[nH]c3c(c12)CC(C(=O)Nc1ccccc1)CC3.COc1cc(Cl)c(Cl)cc1Nc1ncnc2[nH]c3c(c12)CC(C(=O)O)CC3. The second-order valence-electron chi connectivity index (χ2n) is 14.3. The molecule has 308 valence electrons. The average Bonchev–Trinajstić information content (AvgIpc) is 3.82. The topological polar surface area (TPSA) is 192 Å². The summed E-state index contributed by atoms with van der Waals surface area (Å²) >= 11 is 24.6. The van der Waals surface area contributed by atoms with Gasteiger partial charge < -0.3 is 40.5 Å². The van der Waals surface area contributed by atoms with Gasteiger partial charge in [-0.1, -0.05) is 64.6 Å². The Morgan fingerprint density at radius 3 is 1.63 bits per heavy atom. The number of fused-ring (bicyclic) bond motifs is 6. The minimum Gasteiger partial charge on any atom is -0.495 e. The summed E-state index contributed by atoms with van der Waals surface area (Å²) in [6.07, 6.45) is 6.76. The number of rotatable bonds is 9. The highest BCUT2D eigenvalue weighted by atomic mass is 35.5. The van der Waals surface area contributed by atoms with Gasteiger partial charge in [-0.3, -0.25) is 9.59 Å². The number of H-pyrrole nitrogens is 2. The molecule has 7 aromatic rings. The number of carbonyl (C=O) groups is 2. The van der Waals surface area contributed by atoms with Crippen LogP contribution in [-0.2, 0) is 35.3 Å². The lowest BCUT2D eigenvalue weighted by Crippen LogP contribution is -2.28. The van der Waals surface area contributed by atoms with E-state index < -0.39 is 11.9 Å². The van der Waals surface area contributed by atoms with Gasteiger partial charge in [0, 0.05) is 35.1 Å². The number of aliphatic carboxylic acids is 1. The third-order valence-corrected chi connectivity index (χ3v) is 12.1. The molecule has 4 heterocycles. The Morgan fingerprint density at radius 1 is 0.683 bits per heavy atom. The normalized spacial score (nSPS) is 15.6. The van der Waals surface area contributed by atoms with Gasteiger partial charge in [0.15, 0.2) is 0 Å². The molecule has 2 unspecified atom stereocenters. The lowest BCUT2D eigenvalue weighted by Gasteiger charge is -2.22. The Kier molecular flexibility index (Phi) is 11.9. The molecule has 0 aliphatic heterocycles. The van der Waals surface area contributed by atoms with Crippen LogP contribution in [0.2, 0.25) is 20.1 Å². The highest BCUT2D eigenvalue weighted by Crippen LogP contribution is 2.41. The lowest BCUT2D eigenvalue weighted by atomic mass is 9.86. The van der Waals surface area contributed by atoms with Crippen molar-refractivity contribution in [1.29, 1.82) is 0 Å². The van der Waals surface area contributed by atoms with Gasteiger partial charge in [0.1, 0.15) is 47.1 Å². The lowest BCUT2D eigenvalue weighted by molar-refractivity contribution is -0.142. The molecular weight excluding hydrogens is 852 g/mol. The van der Waals surface area contributed by atoms with Crippen molar-refractivity contribution in [3.05, 3.63) is 110 Å². The third kappa shape index (κ3) is 8.33. The molecule has 60 heavy (non-hydrogen) atoms. The van der Waals surface area contributed by atoms with Gasteiger partial charge in [0.05, 0.1) is 62.4 Å².